The molecule has 1 N–H and O–H groups in total. The van der Waals surface area contributed by atoms with Gasteiger partial charge in [0, 0.05) is 70.1 Å². The maximum atomic E-state index is 14.9. The fourth-order valence-electron chi connectivity index (χ4n) is 14.8. The Bertz CT molecular complexity index is 3890. The van der Waals surface area contributed by atoms with Gasteiger partial charge in [0.2, 0.25) is 5.91 Å². The lowest BCUT2D eigenvalue weighted by Crippen LogP contribution is -2.54. The van der Waals surface area contributed by atoms with Gasteiger partial charge in [-0.3, -0.25) is 28.9 Å². The van der Waals surface area contributed by atoms with Gasteiger partial charge >= 0.3 is 12.2 Å². The van der Waals surface area contributed by atoms with Crippen LogP contribution in [0.3, 0.4) is 0 Å². The highest BCUT2D eigenvalue weighted by molar-refractivity contribution is 6.13. The molecule has 7 heterocycles. The number of nitrogens with zero attached hydrogens (tertiary/aromatic N) is 6. The van der Waals surface area contributed by atoms with Crippen molar-refractivity contribution in [1.29, 1.82) is 0 Å². The van der Waals surface area contributed by atoms with Crippen molar-refractivity contribution in [1.82, 2.24) is 20.0 Å². The number of imide groups is 1. The number of amides is 7. The van der Waals surface area contributed by atoms with Gasteiger partial charge in [0.1, 0.15) is 31.0 Å². The largest absolute Gasteiger partial charge is 0.493 e. The molecule has 4 fully saturated rings. The van der Waals surface area contributed by atoms with E-state index in [-0.39, 0.29) is 115 Å². The summed E-state index contributed by atoms with van der Waals surface area (Å²) in [7, 11) is 2.93. The number of oxime groups is 1. The Morgan fingerprint density at radius 3 is 1.24 bits per heavy atom. The standard InChI is InChI=1S/C91H131N7O29/c1-64-50-73-86(124-82-19-13-16-25-119-82)97(88(104)126-90(3,4)5)71-57-77(75(106-9)55-69(71)84(102)95(73)60-64)121-62-67-52-66(53-68(54-67)63-122-78-58-72-70(56-76(78)107-10)85(103)96-61-65(2)51-74(96)87(125-83-20-14-17-26-120-83)98(72)89(105)127-91(6,7)8)59-93-123-49-48-118-47-46-117-45-44-116-43-42-115-41-40-114-39-38-113-37-36-112-35-34-111-33-32-110-31-30-109-29-28-108-27-23-92-79(99)18-12-11-15-24-94-80(100)21-22-81(94)101/h21-22,52-59,73-74,82-83,86-87H,1-2,11-20,23-51,60-63H2,3-10H3,(H,92,99)/b93-59+/t73-,74-,82?,83?,86-,87?/m0/s1. The Kier molecular flexibility index (Phi) is 41.5. The van der Waals surface area contributed by atoms with Crippen LogP contribution in [0.1, 0.15) is 156 Å². The Hall–Kier alpha value is -8.96. The number of fused-ring (bicyclic) bond motifs is 4. The summed E-state index contributed by atoms with van der Waals surface area (Å²) >= 11 is 0. The molecule has 4 saturated heterocycles. The average Bonchev–Trinajstić information content (AvgIpc) is 1.60. The van der Waals surface area contributed by atoms with E-state index < -0.39 is 60.5 Å². The van der Waals surface area contributed by atoms with Gasteiger partial charge in [0.15, 0.2) is 48.0 Å². The first-order valence-electron chi connectivity index (χ1n) is 44.1. The van der Waals surface area contributed by atoms with Crippen molar-refractivity contribution in [3.8, 4) is 23.0 Å². The van der Waals surface area contributed by atoms with Gasteiger partial charge in [-0.15, -0.1) is 0 Å². The van der Waals surface area contributed by atoms with Crippen molar-refractivity contribution >= 4 is 59.3 Å². The molecule has 0 aromatic heterocycles. The summed E-state index contributed by atoms with van der Waals surface area (Å²) in [4.78, 5) is 108. The molecule has 704 valence electrons. The van der Waals surface area contributed by atoms with Crippen LogP contribution in [0.25, 0.3) is 0 Å². The Morgan fingerprint density at radius 1 is 0.480 bits per heavy atom. The van der Waals surface area contributed by atoms with Crippen LogP contribution in [0, 0.1) is 0 Å². The van der Waals surface area contributed by atoms with E-state index in [1.165, 1.54) is 41.1 Å². The maximum absolute atomic E-state index is 14.9. The highest BCUT2D eigenvalue weighted by Gasteiger charge is 2.52. The fraction of sp³-hybridized carbons (Fsp3) is 0.648. The molecule has 7 aliphatic heterocycles. The Morgan fingerprint density at radius 2 is 0.866 bits per heavy atom. The average molecular weight is 1790 g/mol. The number of unbranched alkanes of at least 4 members (excludes halogenated alkanes) is 2. The third-order valence-corrected chi connectivity index (χ3v) is 20.8. The van der Waals surface area contributed by atoms with Crippen LogP contribution in [-0.4, -0.2) is 317 Å². The van der Waals surface area contributed by atoms with Crippen LogP contribution < -0.4 is 34.1 Å². The molecule has 3 unspecified atom stereocenters. The summed E-state index contributed by atoms with van der Waals surface area (Å²) in [5, 5.41) is 7.13. The van der Waals surface area contributed by atoms with Gasteiger partial charge in [0.05, 0.1) is 200 Å². The van der Waals surface area contributed by atoms with Gasteiger partial charge in [-0.2, -0.15) is 0 Å². The maximum Gasteiger partial charge on any atom is 0.417 e. The summed E-state index contributed by atoms with van der Waals surface area (Å²) < 4.78 is 125. The molecule has 36 nitrogen and oxygen atoms in total. The second-order valence-corrected chi connectivity index (χ2v) is 33.1. The molecule has 7 aliphatic rings. The predicted octanol–water partition coefficient (Wildman–Crippen LogP) is 9.79. The highest BCUT2D eigenvalue weighted by Crippen LogP contribution is 2.46. The van der Waals surface area contributed by atoms with Gasteiger partial charge in [0.25, 0.3) is 23.6 Å². The summed E-state index contributed by atoms with van der Waals surface area (Å²) in [6.45, 7) is 29.9. The van der Waals surface area contributed by atoms with E-state index in [0.717, 1.165) is 43.3 Å². The van der Waals surface area contributed by atoms with Crippen molar-refractivity contribution < 1.29 is 138 Å². The summed E-state index contributed by atoms with van der Waals surface area (Å²) in [5.74, 6) is -0.544. The molecule has 36 heteroatoms. The van der Waals surface area contributed by atoms with Crippen molar-refractivity contribution in [2.75, 3.05) is 215 Å². The van der Waals surface area contributed by atoms with E-state index >= 15 is 0 Å². The minimum Gasteiger partial charge on any atom is -0.493 e. The monoisotopic (exact) mass is 1790 g/mol. The minimum atomic E-state index is -1.05. The van der Waals surface area contributed by atoms with E-state index in [4.69, 9.17) is 104 Å². The van der Waals surface area contributed by atoms with Crippen molar-refractivity contribution in [2.24, 2.45) is 5.16 Å². The number of methoxy groups -OCH3 is 2. The number of ether oxygens (including phenoxy) is 21. The number of hydrogen-bond acceptors (Lipinski definition) is 30. The van der Waals surface area contributed by atoms with Crippen LogP contribution in [0.4, 0.5) is 21.0 Å². The molecule has 7 amide bonds. The number of benzene rings is 3. The first-order valence-corrected chi connectivity index (χ1v) is 44.1. The third kappa shape index (κ3) is 32.6. The molecule has 3 aromatic carbocycles. The van der Waals surface area contributed by atoms with E-state index in [0.29, 0.717) is 227 Å². The van der Waals surface area contributed by atoms with Gasteiger partial charge in [-0.25, -0.2) is 19.4 Å². The third-order valence-electron chi connectivity index (χ3n) is 20.8. The van der Waals surface area contributed by atoms with Crippen LogP contribution in [0.5, 0.6) is 23.0 Å². The molecule has 3 aromatic rings. The second-order valence-electron chi connectivity index (χ2n) is 33.1. The molecule has 6 atom stereocenters. The second kappa shape index (κ2) is 52.6. The quantitative estimate of drug-likeness (QED) is 0.0180. The molecule has 0 aliphatic carbocycles. The zero-order chi connectivity index (χ0) is 90.3. The topological polar surface area (TPSA) is 363 Å². The first kappa shape index (κ1) is 100. The van der Waals surface area contributed by atoms with Gasteiger partial charge in [-0.05, 0) is 153 Å². The first-order chi connectivity index (χ1) is 61.4. The lowest BCUT2D eigenvalue weighted by Gasteiger charge is -2.39. The molecular formula is C91H131N7O29. The highest BCUT2D eigenvalue weighted by atomic mass is 16.7. The Labute approximate surface area is 744 Å². The lowest BCUT2D eigenvalue weighted by molar-refractivity contribution is -0.196. The van der Waals surface area contributed by atoms with Crippen molar-refractivity contribution in [3.63, 3.8) is 0 Å². The smallest absolute Gasteiger partial charge is 0.417 e. The number of nitrogens with one attached hydrogen (secondary N) is 1. The number of carbonyl (C=O) groups excluding carboxylic acids is 7. The fourth-order valence-corrected chi connectivity index (χ4v) is 14.8. The predicted molar refractivity (Wildman–Crippen MR) is 463 cm³/mol. The summed E-state index contributed by atoms with van der Waals surface area (Å²) in [6.07, 6.45) is 6.98. The molecule has 0 spiro atoms. The van der Waals surface area contributed by atoms with Crippen LogP contribution in [0.2, 0.25) is 0 Å². The molecular weight excluding hydrogens is 1660 g/mol. The van der Waals surface area contributed by atoms with Crippen LogP contribution in [0.15, 0.2) is 84.1 Å². The normalized spacial score (nSPS) is 19.5. The zero-order valence-electron chi connectivity index (χ0n) is 75.1. The number of carbonyl (C=O) groups is 7. The minimum absolute atomic E-state index is 0.0608. The van der Waals surface area contributed by atoms with Crippen LogP contribution in [-0.2, 0) is 113 Å². The van der Waals surface area contributed by atoms with E-state index in [1.54, 1.807) is 81.8 Å². The van der Waals surface area contributed by atoms with Crippen molar-refractivity contribution in [2.45, 2.75) is 180 Å². The molecule has 127 heavy (non-hydrogen) atoms. The number of anilines is 2. The molecule has 0 radical (unpaired) electrons. The number of hydrogen-bond donors (Lipinski definition) is 1. The van der Waals surface area contributed by atoms with Crippen molar-refractivity contribution in [3.05, 3.63) is 107 Å². The van der Waals surface area contributed by atoms with E-state index in [2.05, 4.69) is 23.6 Å². The molecule has 0 bridgehead atoms. The zero-order valence-corrected chi connectivity index (χ0v) is 75.1. The van der Waals surface area contributed by atoms with E-state index in [1.807, 2.05) is 18.2 Å². The van der Waals surface area contributed by atoms with E-state index in [9.17, 15) is 33.6 Å². The van der Waals surface area contributed by atoms with Gasteiger partial charge in [-0.1, -0.05) is 35.9 Å². The summed E-state index contributed by atoms with van der Waals surface area (Å²) in [6, 6.07) is 10.6. The van der Waals surface area contributed by atoms with Crippen LogP contribution >= 0.6 is 0 Å². The molecule has 0 saturated carbocycles. The number of rotatable bonds is 56. The SMILES string of the molecule is C=C1C[C@H]2C(OC3CCCCO3)N(C(=O)OC(C)(C)C)c3cc(OCc4cc(/C=N/OCCOCCOCCOCCOCCOCCOCCOCCOCCOCCOCCOCCNC(=O)CCCCCN5C(=O)C=CC5=O)cc(COc5cc6c(cc5OC)C(=O)N5CC(=C)C[C@H]5[C@H](OC5CCCCO5)N6C(=O)OC(C)(C)C)c4)c(OC)cc3C(=O)N2C1. The molecule has 10 rings (SSSR count). The van der Waals surface area contributed by atoms with Gasteiger partial charge < -0.3 is 119 Å². The summed E-state index contributed by atoms with van der Waals surface area (Å²) in [5.41, 5.74) is 2.23. The Balaban J connectivity index is 0.636. The lowest BCUT2D eigenvalue weighted by atomic mass is 10.1.